The predicted molar refractivity (Wildman–Crippen MR) is 165 cm³/mol. The molecule has 1 N–H and O–H groups in total. The summed E-state index contributed by atoms with van der Waals surface area (Å²) in [5.41, 5.74) is 7.18. The Kier molecular flexibility index (Phi) is 7.20. The highest BCUT2D eigenvalue weighted by Crippen LogP contribution is 2.46. The third kappa shape index (κ3) is 5.19. The third-order valence-corrected chi connectivity index (χ3v) is 8.62. The first-order chi connectivity index (χ1) is 21.0. The fourth-order valence-corrected chi connectivity index (χ4v) is 6.34. The van der Waals surface area contributed by atoms with E-state index in [4.69, 9.17) is 9.47 Å². The second-order valence-electron chi connectivity index (χ2n) is 11.4. The van der Waals surface area contributed by atoms with E-state index in [1.807, 2.05) is 41.3 Å². The van der Waals surface area contributed by atoms with Gasteiger partial charge in [0, 0.05) is 42.6 Å². The average molecular weight is 579 g/mol. The van der Waals surface area contributed by atoms with Crippen molar-refractivity contribution in [3.63, 3.8) is 0 Å². The van der Waals surface area contributed by atoms with Crippen LogP contribution < -0.4 is 15.1 Å². The Balaban J connectivity index is 1.28. The Bertz CT molecular complexity index is 1620. The maximum Gasteiger partial charge on any atom is 0.337 e. The number of carbonyl (C=O) groups excluding carboxylic acids is 3. The van der Waals surface area contributed by atoms with Crippen LogP contribution in [-0.4, -0.2) is 75.2 Å². The van der Waals surface area contributed by atoms with Crippen molar-refractivity contribution in [1.82, 2.24) is 4.90 Å². The molecule has 0 aromatic heterocycles. The largest absolute Gasteiger partial charge is 0.465 e. The first-order valence-corrected chi connectivity index (χ1v) is 14.9. The van der Waals surface area contributed by atoms with Crippen molar-refractivity contribution in [3.8, 4) is 0 Å². The SMILES string of the molecule is COC(=O)c1ccc2c(c1)NC(=O)/C2=C(/c1ccccc1)N(c1ccc2c(c1)CCN2C(=O)CN1CCOCC1)C1CC1. The minimum atomic E-state index is -0.451. The molecule has 3 aliphatic heterocycles. The van der Waals surface area contributed by atoms with E-state index in [1.165, 1.54) is 7.11 Å². The van der Waals surface area contributed by atoms with Crippen molar-refractivity contribution in [2.45, 2.75) is 25.3 Å². The molecular weight excluding hydrogens is 544 g/mol. The van der Waals surface area contributed by atoms with E-state index < -0.39 is 5.97 Å². The highest BCUT2D eigenvalue weighted by molar-refractivity contribution is 6.38. The van der Waals surface area contributed by atoms with Gasteiger partial charge in [-0.05, 0) is 60.7 Å². The summed E-state index contributed by atoms with van der Waals surface area (Å²) in [6.07, 6.45) is 2.81. The van der Waals surface area contributed by atoms with Crippen LogP contribution >= 0.6 is 0 Å². The summed E-state index contributed by atoms with van der Waals surface area (Å²) in [4.78, 5) is 45.5. The molecule has 2 amide bonds. The van der Waals surface area contributed by atoms with Crippen LogP contribution in [0, 0.1) is 0 Å². The lowest BCUT2D eigenvalue weighted by molar-refractivity contribution is -0.120. The minimum absolute atomic E-state index is 0.116. The number of morpholine rings is 1. The number of anilines is 3. The summed E-state index contributed by atoms with van der Waals surface area (Å²) in [7, 11) is 1.34. The summed E-state index contributed by atoms with van der Waals surface area (Å²) >= 11 is 0. The van der Waals surface area contributed by atoms with E-state index >= 15 is 0 Å². The summed E-state index contributed by atoms with van der Waals surface area (Å²) in [5.74, 6) is -0.541. The van der Waals surface area contributed by atoms with Gasteiger partial charge in [0.05, 0.1) is 49.4 Å². The van der Waals surface area contributed by atoms with E-state index in [9.17, 15) is 14.4 Å². The smallest absolute Gasteiger partial charge is 0.337 e. The van der Waals surface area contributed by atoms with E-state index in [0.29, 0.717) is 43.1 Å². The number of rotatable bonds is 7. The van der Waals surface area contributed by atoms with Gasteiger partial charge in [0.2, 0.25) is 5.91 Å². The maximum atomic E-state index is 13.7. The van der Waals surface area contributed by atoms with Crippen molar-refractivity contribution in [3.05, 3.63) is 89.0 Å². The number of carbonyl (C=O) groups is 3. The topological polar surface area (TPSA) is 91.4 Å². The zero-order valence-electron chi connectivity index (χ0n) is 24.2. The molecule has 3 aromatic carbocycles. The van der Waals surface area contributed by atoms with Crippen LogP contribution in [-0.2, 0) is 25.5 Å². The molecule has 7 rings (SSSR count). The van der Waals surface area contributed by atoms with Gasteiger partial charge in [-0.25, -0.2) is 4.79 Å². The Labute approximate surface area is 250 Å². The van der Waals surface area contributed by atoms with Gasteiger partial charge in [0.25, 0.3) is 5.91 Å². The third-order valence-electron chi connectivity index (χ3n) is 8.62. The normalized spacial score (nSPS) is 19.0. The molecule has 0 bridgehead atoms. The molecule has 1 aliphatic carbocycles. The number of benzene rings is 3. The van der Waals surface area contributed by atoms with Gasteiger partial charge < -0.3 is 24.6 Å². The lowest BCUT2D eigenvalue weighted by Gasteiger charge is -2.30. The van der Waals surface area contributed by atoms with Crippen LogP contribution in [0.4, 0.5) is 17.1 Å². The fourth-order valence-electron chi connectivity index (χ4n) is 6.34. The van der Waals surface area contributed by atoms with Gasteiger partial charge in [-0.3, -0.25) is 14.5 Å². The molecule has 4 aliphatic rings. The standard InChI is InChI=1S/C34H34N4O5/c1-42-34(41)24-7-11-27-28(20-24)35-33(40)31(27)32(22-5-3-2-4-6-22)38(25-8-9-25)26-10-12-29-23(19-26)13-14-37(29)30(39)21-36-15-17-43-18-16-36/h2-7,10-12,19-20,25H,8-9,13-18,21H2,1H3,(H,35,40)/b32-31-. The van der Waals surface area contributed by atoms with Crippen LogP contribution in [0.15, 0.2) is 66.7 Å². The molecule has 0 atom stereocenters. The number of methoxy groups -OCH3 is 1. The first-order valence-electron chi connectivity index (χ1n) is 14.9. The average Bonchev–Trinajstić information content (AvgIpc) is 3.70. The molecule has 0 radical (unpaired) electrons. The molecule has 1 saturated carbocycles. The second kappa shape index (κ2) is 11.3. The van der Waals surface area contributed by atoms with Crippen LogP contribution in [0.2, 0.25) is 0 Å². The molecule has 43 heavy (non-hydrogen) atoms. The molecule has 3 aromatic rings. The number of nitrogens with one attached hydrogen (secondary N) is 1. The number of hydrogen-bond acceptors (Lipinski definition) is 7. The molecule has 220 valence electrons. The van der Waals surface area contributed by atoms with Gasteiger partial charge in [-0.1, -0.05) is 36.4 Å². The van der Waals surface area contributed by atoms with Crippen LogP contribution in [0.1, 0.15) is 39.9 Å². The van der Waals surface area contributed by atoms with E-state index in [0.717, 1.165) is 66.1 Å². The zero-order valence-corrected chi connectivity index (χ0v) is 24.2. The van der Waals surface area contributed by atoms with E-state index in [-0.39, 0.29) is 17.9 Å². The number of hydrogen-bond donors (Lipinski definition) is 1. The van der Waals surface area contributed by atoms with E-state index in [1.54, 1.807) is 12.1 Å². The molecular formula is C34H34N4O5. The summed E-state index contributed by atoms with van der Waals surface area (Å²) in [6.45, 7) is 3.95. The Morgan fingerprint density at radius 3 is 2.51 bits per heavy atom. The number of esters is 1. The Morgan fingerprint density at radius 1 is 0.977 bits per heavy atom. The molecule has 0 unspecified atom stereocenters. The second-order valence-corrected chi connectivity index (χ2v) is 11.4. The number of fused-ring (bicyclic) bond motifs is 2. The lowest BCUT2D eigenvalue weighted by Crippen LogP contribution is -2.44. The first kappa shape index (κ1) is 27.4. The van der Waals surface area contributed by atoms with Crippen molar-refractivity contribution in [2.75, 3.05) is 61.6 Å². The molecule has 0 spiro atoms. The minimum Gasteiger partial charge on any atom is -0.465 e. The van der Waals surface area contributed by atoms with E-state index in [2.05, 4.69) is 33.3 Å². The van der Waals surface area contributed by atoms with Gasteiger partial charge in [0.1, 0.15) is 0 Å². The molecule has 1 saturated heterocycles. The van der Waals surface area contributed by atoms with Gasteiger partial charge in [-0.15, -0.1) is 0 Å². The van der Waals surface area contributed by atoms with Crippen molar-refractivity contribution >= 4 is 46.1 Å². The van der Waals surface area contributed by atoms with Crippen LogP contribution in [0.3, 0.4) is 0 Å². The summed E-state index contributed by atoms with van der Waals surface area (Å²) < 4.78 is 10.3. The number of ether oxygens (including phenoxy) is 2. The highest BCUT2D eigenvalue weighted by atomic mass is 16.5. The van der Waals surface area contributed by atoms with Crippen LogP contribution in [0.5, 0.6) is 0 Å². The lowest BCUT2D eigenvalue weighted by atomic mass is 9.97. The molecule has 2 fully saturated rings. The number of nitrogens with zero attached hydrogens (tertiary/aromatic N) is 3. The highest BCUT2D eigenvalue weighted by Gasteiger charge is 2.38. The predicted octanol–water partition coefficient (Wildman–Crippen LogP) is 4.18. The van der Waals surface area contributed by atoms with Gasteiger partial charge in [0.15, 0.2) is 0 Å². The van der Waals surface area contributed by atoms with Crippen molar-refractivity contribution in [2.24, 2.45) is 0 Å². The molecule has 9 nitrogen and oxygen atoms in total. The maximum absolute atomic E-state index is 13.7. The fraction of sp³-hybridized carbons (Fsp3) is 0.324. The van der Waals surface area contributed by atoms with Crippen molar-refractivity contribution < 1.29 is 23.9 Å². The van der Waals surface area contributed by atoms with Crippen molar-refractivity contribution in [1.29, 1.82) is 0 Å². The monoisotopic (exact) mass is 578 g/mol. The summed E-state index contributed by atoms with van der Waals surface area (Å²) in [6, 6.07) is 21.8. The van der Waals surface area contributed by atoms with Crippen LogP contribution in [0.25, 0.3) is 11.3 Å². The molecule has 3 heterocycles. The van der Waals surface area contributed by atoms with Gasteiger partial charge in [-0.2, -0.15) is 0 Å². The summed E-state index contributed by atoms with van der Waals surface area (Å²) in [5, 5.41) is 2.99. The number of amides is 2. The van der Waals surface area contributed by atoms with Gasteiger partial charge >= 0.3 is 5.97 Å². The Morgan fingerprint density at radius 2 is 1.77 bits per heavy atom. The molecule has 9 heteroatoms. The quantitative estimate of drug-likeness (QED) is 0.332. The Hall–Kier alpha value is -4.47. The zero-order chi connectivity index (χ0) is 29.5.